The second kappa shape index (κ2) is 12.3. The molecule has 0 spiro atoms. The molecule has 0 aliphatic rings. The number of hydrogen-bond donors (Lipinski definition) is 3. The number of rotatable bonds is 5. The lowest BCUT2D eigenvalue weighted by atomic mass is 10.0. The van der Waals surface area contributed by atoms with Gasteiger partial charge >= 0.3 is 11.9 Å². The van der Waals surface area contributed by atoms with Crippen molar-refractivity contribution in [1.82, 2.24) is 9.97 Å². The first-order chi connectivity index (χ1) is 15.2. The Morgan fingerprint density at radius 1 is 0.912 bits per heavy atom. The van der Waals surface area contributed by atoms with Crippen LogP contribution in [0.4, 0.5) is 0 Å². The summed E-state index contributed by atoms with van der Waals surface area (Å²) in [4.78, 5) is 28.8. The maximum Gasteiger partial charge on any atom is 0.313 e. The van der Waals surface area contributed by atoms with Gasteiger partial charge in [0.05, 0.1) is 29.5 Å². The summed E-state index contributed by atoms with van der Waals surface area (Å²) >= 11 is 9.74. The monoisotopic (exact) mass is 506 g/mol. The molecule has 184 valence electrons. The molecular formula is C24H30N2O6S2. The highest BCUT2D eigenvalue weighted by Crippen LogP contribution is 2.23. The molecule has 2 aromatic heterocycles. The molecule has 0 amide bonds. The summed E-state index contributed by atoms with van der Waals surface area (Å²) < 4.78 is 15.5. The van der Waals surface area contributed by atoms with Gasteiger partial charge in [-0.3, -0.25) is 9.59 Å². The summed E-state index contributed by atoms with van der Waals surface area (Å²) in [6.07, 6.45) is 0. The average Bonchev–Trinajstić information content (AvgIpc) is 3.32. The van der Waals surface area contributed by atoms with E-state index in [9.17, 15) is 9.59 Å². The zero-order valence-electron chi connectivity index (χ0n) is 17.6. The highest BCUT2D eigenvalue weighted by molar-refractivity contribution is 7.71. The number of carboxylic acid groups (broad SMARTS) is 1. The van der Waals surface area contributed by atoms with E-state index >= 15 is 0 Å². The Balaban J connectivity index is 0.000000323. The quantitative estimate of drug-likeness (QED) is 0.193. The number of hydrogen-bond acceptors (Lipinski definition) is 7. The molecule has 3 N–H and O–H groups in total. The summed E-state index contributed by atoms with van der Waals surface area (Å²) in [5, 5.41) is 8.85. The molecule has 34 heavy (non-hydrogen) atoms. The molecule has 8 nitrogen and oxygen atoms in total. The molecular weight excluding hydrogens is 476 g/mol. The van der Waals surface area contributed by atoms with Gasteiger partial charge in [0.2, 0.25) is 0 Å². The molecule has 2 aromatic carbocycles. The van der Waals surface area contributed by atoms with E-state index in [0.29, 0.717) is 33.0 Å². The van der Waals surface area contributed by atoms with Crippen LogP contribution in [0.25, 0.3) is 22.2 Å². The van der Waals surface area contributed by atoms with Gasteiger partial charge < -0.3 is 28.6 Å². The zero-order chi connectivity index (χ0) is 23.4. The number of aromatic nitrogens is 2. The van der Waals surface area contributed by atoms with Crippen LogP contribution in [0.5, 0.6) is 0 Å². The highest BCUT2D eigenvalue weighted by Gasteiger charge is 2.17. The van der Waals surface area contributed by atoms with Crippen LogP contribution in [0.1, 0.15) is 58.6 Å². The molecule has 2 heterocycles. The van der Waals surface area contributed by atoms with Crippen molar-refractivity contribution >= 4 is 58.6 Å². The van der Waals surface area contributed by atoms with Crippen LogP contribution in [0, 0.1) is 9.67 Å². The first-order valence-corrected chi connectivity index (χ1v) is 10.7. The van der Waals surface area contributed by atoms with Gasteiger partial charge in [-0.2, -0.15) is 0 Å². The van der Waals surface area contributed by atoms with Gasteiger partial charge in [-0.1, -0.05) is 27.0 Å². The van der Waals surface area contributed by atoms with Gasteiger partial charge in [0.1, 0.15) is 0 Å². The van der Waals surface area contributed by atoms with Crippen molar-refractivity contribution in [2.75, 3.05) is 6.61 Å². The summed E-state index contributed by atoms with van der Waals surface area (Å²) in [6, 6.07) is 10.7. The van der Waals surface area contributed by atoms with E-state index in [1.165, 1.54) is 0 Å². The summed E-state index contributed by atoms with van der Waals surface area (Å²) in [5.74, 6) is -1.95. The van der Waals surface area contributed by atoms with Gasteiger partial charge in [-0.25, -0.2) is 0 Å². The van der Waals surface area contributed by atoms with Crippen LogP contribution < -0.4 is 0 Å². The third kappa shape index (κ3) is 6.64. The third-order valence-electron chi connectivity index (χ3n) is 4.90. The van der Waals surface area contributed by atoms with Crippen molar-refractivity contribution in [3.8, 4) is 0 Å². The van der Waals surface area contributed by atoms with Crippen LogP contribution in [0.3, 0.4) is 0 Å². The molecule has 0 saturated carbocycles. The van der Waals surface area contributed by atoms with E-state index in [0.717, 1.165) is 16.6 Å². The second-order valence-corrected chi connectivity index (χ2v) is 7.82. The van der Waals surface area contributed by atoms with Crippen molar-refractivity contribution in [3.05, 3.63) is 57.2 Å². The predicted molar refractivity (Wildman–Crippen MR) is 137 cm³/mol. The number of oxazole rings is 2. The standard InChI is InChI=1S/C12H13NO3S.C10H9NO3S.2CH4/c1-3-15-11(14)7(2)8-4-5-9-10(6-8)16-12(17)13-9;1-5(9(12)13)6-2-3-7-8(4-6)14-10(15)11-7;;/h4-7H,3H2,1-2H3,(H,13,17);2-5H,1H3,(H,11,15)(H,12,13);2*1H4. The molecule has 4 rings (SSSR count). The van der Waals surface area contributed by atoms with E-state index in [4.69, 9.17) is 43.1 Å². The molecule has 0 aliphatic heterocycles. The number of carbonyl (C=O) groups excluding carboxylic acids is 1. The number of carboxylic acids is 1. The van der Waals surface area contributed by atoms with Crippen molar-refractivity contribution in [3.63, 3.8) is 0 Å². The fraction of sp³-hybridized carbons (Fsp3) is 0.333. The fourth-order valence-electron chi connectivity index (χ4n) is 3.01. The largest absolute Gasteiger partial charge is 0.481 e. The lowest BCUT2D eigenvalue weighted by molar-refractivity contribution is -0.144. The zero-order valence-corrected chi connectivity index (χ0v) is 19.3. The van der Waals surface area contributed by atoms with E-state index in [1.807, 2.05) is 18.2 Å². The topological polar surface area (TPSA) is 121 Å². The smallest absolute Gasteiger partial charge is 0.313 e. The lowest BCUT2D eigenvalue weighted by Crippen LogP contribution is -2.12. The summed E-state index contributed by atoms with van der Waals surface area (Å²) in [5.41, 5.74) is 4.41. The van der Waals surface area contributed by atoms with Crippen molar-refractivity contribution in [1.29, 1.82) is 0 Å². The second-order valence-electron chi connectivity index (χ2n) is 7.07. The molecule has 0 saturated heterocycles. The number of fused-ring (bicyclic) bond motifs is 2. The predicted octanol–water partition coefficient (Wildman–Crippen LogP) is 7.11. The van der Waals surface area contributed by atoms with Gasteiger partial charge in [-0.05, 0) is 80.6 Å². The van der Waals surface area contributed by atoms with Crippen molar-refractivity contribution in [2.24, 2.45) is 0 Å². The highest BCUT2D eigenvalue weighted by atomic mass is 32.1. The Labute approximate surface area is 207 Å². The average molecular weight is 507 g/mol. The van der Waals surface area contributed by atoms with E-state index < -0.39 is 11.9 Å². The first kappa shape index (κ1) is 28.8. The summed E-state index contributed by atoms with van der Waals surface area (Å²) in [7, 11) is 0. The number of carbonyl (C=O) groups is 2. The van der Waals surface area contributed by atoms with E-state index in [2.05, 4.69) is 9.97 Å². The van der Waals surface area contributed by atoms with Gasteiger partial charge in [0.15, 0.2) is 11.2 Å². The number of benzene rings is 2. The van der Waals surface area contributed by atoms with Crippen molar-refractivity contribution < 1.29 is 28.3 Å². The van der Waals surface area contributed by atoms with Crippen LogP contribution >= 0.6 is 24.4 Å². The Morgan fingerprint density at radius 3 is 1.76 bits per heavy atom. The van der Waals surface area contributed by atoms with Crippen LogP contribution in [0.2, 0.25) is 0 Å². The molecule has 2 atom stereocenters. The Bertz CT molecular complexity index is 1380. The van der Waals surface area contributed by atoms with Gasteiger partial charge in [0.25, 0.3) is 9.67 Å². The van der Waals surface area contributed by atoms with E-state index in [-0.39, 0.29) is 26.7 Å². The molecule has 0 aliphatic carbocycles. The molecule has 2 unspecified atom stereocenters. The SMILES string of the molecule is C.C.CC(C(=O)O)c1ccc2[nH]c(=S)oc2c1.CCOC(=O)C(C)c1ccc2[nH]c(=S)oc2c1. The van der Waals surface area contributed by atoms with Crippen LogP contribution in [-0.4, -0.2) is 33.6 Å². The Hall–Kier alpha value is -3.24. The number of ether oxygens (including phenoxy) is 1. The lowest BCUT2D eigenvalue weighted by Gasteiger charge is -2.10. The van der Waals surface area contributed by atoms with Gasteiger partial charge in [0, 0.05) is 0 Å². The number of aliphatic carboxylic acids is 1. The Morgan fingerprint density at radius 2 is 1.35 bits per heavy atom. The van der Waals surface area contributed by atoms with Crippen molar-refractivity contribution in [2.45, 2.75) is 47.5 Å². The molecule has 4 aromatic rings. The Kier molecular flexibility index (Phi) is 10.4. The number of aromatic amines is 2. The first-order valence-electron chi connectivity index (χ1n) is 9.84. The molecule has 0 bridgehead atoms. The minimum atomic E-state index is -0.858. The van der Waals surface area contributed by atoms with Crippen LogP contribution in [0.15, 0.2) is 45.2 Å². The third-order valence-corrected chi connectivity index (χ3v) is 5.27. The minimum absolute atomic E-state index is 0. The maximum absolute atomic E-state index is 11.6. The number of H-pyrrole nitrogens is 2. The normalized spacial score (nSPS) is 12.0. The fourth-order valence-corrected chi connectivity index (χ4v) is 3.41. The number of nitrogens with one attached hydrogen (secondary N) is 2. The summed E-state index contributed by atoms with van der Waals surface area (Å²) in [6.45, 7) is 5.61. The minimum Gasteiger partial charge on any atom is -0.481 e. The molecule has 0 fully saturated rings. The van der Waals surface area contributed by atoms with Crippen LogP contribution in [-0.2, 0) is 14.3 Å². The number of esters is 1. The van der Waals surface area contributed by atoms with E-state index in [1.54, 1.807) is 39.0 Å². The van der Waals surface area contributed by atoms with Gasteiger partial charge in [-0.15, -0.1) is 0 Å². The molecule has 0 radical (unpaired) electrons. The maximum atomic E-state index is 11.6. The molecule has 10 heteroatoms.